The molecular weight excluding hydrogens is 365 g/mol. The zero-order chi connectivity index (χ0) is 17.6. The van der Waals surface area contributed by atoms with Crippen molar-refractivity contribution < 1.29 is 9.18 Å². The summed E-state index contributed by atoms with van der Waals surface area (Å²) in [7, 11) is 0. The smallest absolute Gasteiger partial charge is 0.225 e. The number of carbonyl (C=O) groups is 1. The minimum atomic E-state index is -0.345. The Hall–Kier alpha value is -2.45. The molecule has 0 aliphatic carbocycles. The highest BCUT2D eigenvalue weighted by molar-refractivity contribution is 7.99. The third kappa shape index (κ3) is 4.77. The number of nitrogens with one attached hydrogen (secondary N) is 1. The maximum Gasteiger partial charge on any atom is 0.225 e. The number of anilines is 1. The van der Waals surface area contributed by atoms with Gasteiger partial charge in [-0.3, -0.25) is 4.79 Å². The van der Waals surface area contributed by atoms with E-state index in [0.29, 0.717) is 21.6 Å². The molecule has 25 heavy (non-hydrogen) atoms. The lowest BCUT2D eigenvalue weighted by molar-refractivity contribution is -0.115. The first-order valence-electron chi connectivity index (χ1n) is 7.34. The summed E-state index contributed by atoms with van der Waals surface area (Å²) in [4.78, 5) is 11.9. The zero-order valence-corrected chi connectivity index (χ0v) is 14.5. The molecule has 0 aliphatic heterocycles. The maximum atomic E-state index is 12.8. The van der Waals surface area contributed by atoms with E-state index >= 15 is 0 Å². The highest BCUT2D eigenvalue weighted by Gasteiger charge is 2.10. The Morgan fingerprint density at radius 2 is 1.88 bits per heavy atom. The number of benzene rings is 2. The first-order chi connectivity index (χ1) is 12.1. The van der Waals surface area contributed by atoms with E-state index in [9.17, 15) is 9.18 Å². The third-order valence-electron chi connectivity index (χ3n) is 3.20. The van der Waals surface area contributed by atoms with Crippen molar-refractivity contribution in [1.82, 2.24) is 20.2 Å². The molecule has 3 rings (SSSR count). The van der Waals surface area contributed by atoms with Gasteiger partial charge in [-0.25, -0.2) is 4.39 Å². The number of aromatic nitrogens is 4. The van der Waals surface area contributed by atoms with Crippen LogP contribution in [-0.2, 0) is 4.79 Å². The minimum absolute atomic E-state index is 0.162. The molecule has 0 saturated heterocycles. The number of tetrazole rings is 1. The second-order valence-electron chi connectivity index (χ2n) is 5.00. The van der Waals surface area contributed by atoms with Gasteiger partial charge in [0.2, 0.25) is 11.1 Å². The van der Waals surface area contributed by atoms with Crippen LogP contribution < -0.4 is 5.32 Å². The van der Waals surface area contributed by atoms with Crippen molar-refractivity contribution in [3.63, 3.8) is 0 Å². The van der Waals surface area contributed by atoms with Gasteiger partial charge in [0.05, 0.1) is 5.69 Å². The van der Waals surface area contributed by atoms with Crippen molar-refractivity contribution in [3.05, 3.63) is 59.4 Å². The predicted molar refractivity (Wildman–Crippen MR) is 94.5 cm³/mol. The number of carbonyl (C=O) groups excluding carboxylic acids is 1. The van der Waals surface area contributed by atoms with E-state index in [1.165, 1.54) is 36.0 Å². The van der Waals surface area contributed by atoms with Gasteiger partial charge in [0.1, 0.15) is 5.82 Å². The van der Waals surface area contributed by atoms with Crippen LogP contribution in [0.5, 0.6) is 0 Å². The van der Waals surface area contributed by atoms with Gasteiger partial charge < -0.3 is 5.32 Å². The topological polar surface area (TPSA) is 72.7 Å². The van der Waals surface area contributed by atoms with Gasteiger partial charge in [-0.2, -0.15) is 4.68 Å². The molecule has 0 bridgehead atoms. The minimum Gasteiger partial charge on any atom is -0.326 e. The molecule has 6 nitrogen and oxygen atoms in total. The van der Waals surface area contributed by atoms with Crippen molar-refractivity contribution in [2.45, 2.75) is 11.6 Å². The predicted octanol–water partition coefficient (Wildman–Crippen LogP) is 3.58. The fraction of sp³-hybridized carbons (Fsp3) is 0.125. The van der Waals surface area contributed by atoms with Crippen molar-refractivity contribution in [2.24, 2.45) is 0 Å². The summed E-state index contributed by atoms with van der Waals surface area (Å²) in [5.41, 5.74) is 1.34. The molecule has 0 atom stereocenters. The molecule has 0 aliphatic rings. The first kappa shape index (κ1) is 17.4. The van der Waals surface area contributed by atoms with E-state index in [-0.39, 0.29) is 18.1 Å². The van der Waals surface area contributed by atoms with Gasteiger partial charge in [0.15, 0.2) is 0 Å². The van der Waals surface area contributed by atoms with Crippen LogP contribution in [0.25, 0.3) is 5.69 Å². The van der Waals surface area contributed by atoms with Gasteiger partial charge in [0, 0.05) is 22.9 Å². The number of amides is 1. The fourth-order valence-corrected chi connectivity index (χ4v) is 2.96. The lowest BCUT2D eigenvalue weighted by Crippen LogP contribution is -2.12. The first-order valence-corrected chi connectivity index (χ1v) is 8.71. The van der Waals surface area contributed by atoms with E-state index in [0.717, 1.165) is 5.69 Å². The van der Waals surface area contributed by atoms with E-state index < -0.39 is 0 Å². The third-order valence-corrected chi connectivity index (χ3v) is 4.37. The number of nitrogens with zero attached hydrogens (tertiary/aromatic N) is 4. The van der Waals surface area contributed by atoms with Gasteiger partial charge in [-0.15, -0.1) is 5.10 Å². The molecule has 0 spiro atoms. The van der Waals surface area contributed by atoms with Crippen LogP contribution in [0.15, 0.2) is 53.7 Å². The normalized spacial score (nSPS) is 10.6. The molecule has 2 aromatic carbocycles. The van der Waals surface area contributed by atoms with Crippen LogP contribution in [-0.4, -0.2) is 31.9 Å². The lowest BCUT2D eigenvalue weighted by atomic mass is 10.3. The summed E-state index contributed by atoms with van der Waals surface area (Å²) in [5, 5.41) is 15.5. The number of hydrogen-bond acceptors (Lipinski definition) is 5. The van der Waals surface area contributed by atoms with Crippen molar-refractivity contribution in [2.75, 3.05) is 11.1 Å². The van der Waals surface area contributed by atoms with Crippen LogP contribution >= 0.6 is 23.4 Å². The largest absolute Gasteiger partial charge is 0.326 e. The monoisotopic (exact) mass is 377 g/mol. The fourth-order valence-electron chi connectivity index (χ4n) is 2.00. The summed E-state index contributed by atoms with van der Waals surface area (Å²) in [6.07, 6.45) is 0.273. The SMILES string of the molecule is O=C(CCSc1nnnn1-c1ccc(Cl)cc1)Nc1ccc(F)cc1. The Balaban J connectivity index is 1.54. The number of thioether (sulfide) groups is 1. The molecule has 0 fully saturated rings. The van der Waals surface area contributed by atoms with E-state index in [2.05, 4.69) is 20.8 Å². The summed E-state index contributed by atoms with van der Waals surface area (Å²) in [6, 6.07) is 12.7. The van der Waals surface area contributed by atoms with Gasteiger partial charge in [-0.05, 0) is 59.0 Å². The zero-order valence-electron chi connectivity index (χ0n) is 12.9. The number of hydrogen-bond donors (Lipinski definition) is 1. The Bertz CT molecular complexity index is 854. The second kappa shape index (κ2) is 8.09. The van der Waals surface area contributed by atoms with Gasteiger partial charge >= 0.3 is 0 Å². The summed E-state index contributed by atoms with van der Waals surface area (Å²) in [6.45, 7) is 0. The Kier molecular flexibility index (Phi) is 5.62. The Morgan fingerprint density at radius 3 is 2.60 bits per heavy atom. The van der Waals surface area contributed by atoms with Crippen LogP contribution in [0.1, 0.15) is 6.42 Å². The maximum absolute atomic E-state index is 12.8. The van der Waals surface area contributed by atoms with Gasteiger partial charge in [0.25, 0.3) is 0 Å². The van der Waals surface area contributed by atoms with Crippen LogP contribution in [0.2, 0.25) is 5.02 Å². The highest BCUT2D eigenvalue weighted by Crippen LogP contribution is 2.20. The molecular formula is C16H13ClFN5OS. The van der Waals surface area contributed by atoms with Crippen molar-refractivity contribution in [1.29, 1.82) is 0 Å². The molecule has 1 aromatic heterocycles. The molecule has 1 heterocycles. The quantitative estimate of drug-likeness (QED) is 0.665. The summed E-state index contributed by atoms with van der Waals surface area (Å²) in [5.74, 6) is -0.00622. The summed E-state index contributed by atoms with van der Waals surface area (Å²) >= 11 is 7.24. The molecule has 9 heteroatoms. The molecule has 1 amide bonds. The van der Waals surface area contributed by atoms with Crippen LogP contribution in [0.4, 0.5) is 10.1 Å². The average molecular weight is 378 g/mol. The molecule has 3 aromatic rings. The highest BCUT2D eigenvalue weighted by atomic mass is 35.5. The summed E-state index contributed by atoms with van der Waals surface area (Å²) < 4.78 is 14.4. The lowest BCUT2D eigenvalue weighted by Gasteiger charge is -2.06. The molecule has 128 valence electrons. The molecule has 0 unspecified atom stereocenters. The van der Waals surface area contributed by atoms with E-state index in [1.54, 1.807) is 16.8 Å². The average Bonchev–Trinajstić information content (AvgIpc) is 3.06. The van der Waals surface area contributed by atoms with Crippen molar-refractivity contribution in [3.8, 4) is 5.69 Å². The van der Waals surface area contributed by atoms with E-state index in [4.69, 9.17) is 11.6 Å². The number of halogens is 2. The molecule has 1 N–H and O–H groups in total. The van der Waals surface area contributed by atoms with Crippen molar-refractivity contribution >= 4 is 35.0 Å². The second-order valence-corrected chi connectivity index (χ2v) is 6.50. The van der Waals surface area contributed by atoms with E-state index in [1.807, 2.05) is 12.1 Å². The number of rotatable bonds is 6. The molecule has 0 saturated carbocycles. The Labute approximate surface area is 152 Å². The molecule has 0 radical (unpaired) electrons. The van der Waals surface area contributed by atoms with Gasteiger partial charge in [-0.1, -0.05) is 23.4 Å². The van der Waals surface area contributed by atoms with Crippen LogP contribution in [0, 0.1) is 5.82 Å². The van der Waals surface area contributed by atoms with Crippen LogP contribution in [0.3, 0.4) is 0 Å². The standard InChI is InChI=1S/C16H13ClFN5OS/c17-11-1-7-14(8-2-11)23-16(20-21-22-23)25-10-9-15(24)19-13-5-3-12(18)4-6-13/h1-8H,9-10H2,(H,19,24). The Morgan fingerprint density at radius 1 is 1.16 bits per heavy atom.